The second-order valence-corrected chi connectivity index (χ2v) is 8.91. The number of nitrogens with zero attached hydrogens (tertiary/aromatic N) is 1. The lowest BCUT2D eigenvalue weighted by Crippen LogP contribution is -2.28. The summed E-state index contributed by atoms with van der Waals surface area (Å²) in [6.07, 6.45) is 0. The number of thiophene rings is 1. The van der Waals surface area contributed by atoms with Crippen molar-refractivity contribution >= 4 is 40.4 Å². The van der Waals surface area contributed by atoms with Crippen molar-refractivity contribution in [3.8, 4) is 17.2 Å². The Morgan fingerprint density at radius 1 is 1.18 bits per heavy atom. The van der Waals surface area contributed by atoms with Gasteiger partial charge in [0.2, 0.25) is 6.79 Å². The minimum Gasteiger partial charge on any atom is -0.507 e. The highest BCUT2D eigenvalue weighted by atomic mass is 35.5. The number of Topliss-reactive ketones (excluding diaryl/α,β-unsaturated/α-hetero) is 1. The number of carbonyl (C=O) groups is 2. The van der Waals surface area contributed by atoms with Crippen LogP contribution in [0.3, 0.4) is 0 Å². The van der Waals surface area contributed by atoms with E-state index in [0.717, 1.165) is 4.88 Å². The predicted molar refractivity (Wildman–Crippen MR) is 123 cm³/mol. The van der Waals surface area contributed by atoms with Gasteiger partial charge in [0.25, 0.3) is 11.7 Å². The average Bonchev–Trinajstić information content (AvgIpc) is 3.55. The number of hydrogen-bond donors (Lipinski definition) is 1. The van der Waals surface area contributed by atoms with Crippen molar-refractivity contribution in [3.63, 3.8) is 0 Å². The van der Waals surface area contributed by atoms with Gasteiger partial charge in [0.15, 0.2) is 11.5 Å². The second-order valence-electron chi connectivity index (χ2n) is 7.47. The van der Waals surface area contributed by atoms with Gasteiger partial charge >= 0.3 is 0 Å². The number of halogens is 1. The van der Waals surface area contributed by atoms with Crippen LogP contribution in [0.5, 0.6) is 17.2 Å². The Bertz CT molecular complexity index is 1290. The third-order valence-electron chi connectivity index (χ3n) is 5.58. The molecule has 1 atom stereocenters. The van der Waals surface area contributed by atoms with Crippen molar-refractivity contribution in [3.05, 3.63) is 80.5 Å². The highest BCUT2D eigenvalue weighted by molar-refractivity contribution is 7.09. The molecule has 2 aliphatic heterocycles. The number of aliphatic hydroxyl groups excluding tert-OH is 1. The fourth-order valence-electron chi connectivity index (χ4n) is 4.01. The molecule has 2 aromatic carbocycles. The predicted octanol–water partition coefficient (Wildman–Crippen LogP) is 4.76. The third-order valence-corrected chi connectivity index (χ3v) is 6.74. The van der Waals surface area contributed by atoms with E-state index in [1.807, 2.05) is 17.5 Å². The molecule has 168 valence electrons. The zero-order valence-corrected chi connectivity index (χ0v) is 19.0. The quantitative estimate of drug-likeness (QED) is 0.320. The second kappa shape index (κ2) is 8.46. The van der Waals surface area contributed by atoms with E-state index < -0.39 is 17.7 Å². The lowest BCUT2D eigenvalue weighted by Gasteiger charge is -2.25. The van der Waals surface area contributed by atoms with Crippen LogP contribution in [-0.2, 0) is 16.1 Å². The SMILES string of the molecule is COc1ccc(C2/C(=C(\O)c3ccc4c(c3)OCO4)C(=O)C(=O)N2Cc2cccs2)cc1Cl. The Labute approximate surface area is 198 Å². The van der Waals surface area contributed by atoms with Gasteiger partial charge in [0.1, 0.15) is 11.5 Å². The molecule has 0 saturated carbocycles. The normalized spacial score (nSPS) is 18.7. The van der Waals surface area contributed by atoms with Crippen molar-refractivity contribution in [2.75, 3.05) is 13.9 Å². The summed E-state index contributed by atoms with van der Waals surface area (Å²) in [4.78, 5) is 28.6. The summed E-state index contributed by atoms with van der Waals surface area (Å²) in [5, 5.41) is 13.4. The van der Waals surface area contributed by atoms with Crippen LogP contribution in [0.25, 0.3) is 5.76 Å². The van der Waals surface area contributed by atoms with E-state index in [1.54, 1.807) is 36.4 Å². The van der Waals surface area contributed by atoms with Gasteiger partial charge in [-0.05, 0) is 47.3 Å². The number of fused-ring (bicyclic) bond motifs is 1. The molecule has 3 aromatic rings. The molecule has 1 N–H and O–H groups in total. The lowest BCUT2D eigenvalue weighted by molar-refractivity contribution is -0.140. The van der Waals surface area contributed by atoms with Gasteiger partial charge < -0.3 is 24.2 Å². The van der Waals surface area contributed by atoms with Crippen LogP contribution in [0.2, 0.25) is 5.02 Å². The summed E-state index contributed by atoms with van der Waals surface area (Å²) >= 11 is 7.84. The molecule has 0 aliphatic carbocycles. The van der Waals surface area contributed by atoms with Crippen LogP contribution in [0, 0.1) is 0 Å². The fraction of sp³-hybridized carbons (Fsp3) is 0.167. The Morgan fingerprint density at radius 2 is 2.00 bits per heavy atom. The lowest BCUT2D eigenvalue weighted by atomic mass is 9.95. The summed E-state index contributed by atoms with van der Waals surface area (Å²) in [6, 6.07) is 12.8. The average molecular weight is 484 g/mol. The zero-order chi connectivity index (χ0) is 23.1. The van der Waals surface area contributed by atoms with Gasteiger partial charge in [-0.25, -0.2) is 0 Å². The number of aliphatic hydroxyl groups is 1. The zero-order valence-electron chi connectivity index (χ0n) is 17.4. The molecule has 9 heteroatoms. The fourth-order valence-corrected chi connectivity index (χ4v) is 4.98. The molecule has 5 rings (SSSR count). The molecule has 1 unspecified atom stereocenters. The van der Waals surface area contributed by atoms with E-state index in [9.17, 15) is 14.7 Å². The first-order chi connectivity index (χ1) is 16.0. The van der Waals surface area contributed by atoms with Gasteiger partial charge in [-0.3, -0.25) is 9.59 Å². The molecular formula is C24H18ClNO6S. The standard InChI is InChI=1S/C24H18ClNO6S/c1-30-17-6-4-13(9-16(17)25)21-20(22(27)14-5-7-18-19(10-14)32-12-31-18)23(28)24(29)26(21)11-15-3-2-8-33-15/h2-10,21,27H,11-12H2,1H3/b22-20+. The number of likely N-dealkylation sites (tertiary alicyclic amines) is 1. The van der Waals surface area contributed by atoms with Crippen LogP contribution >= 0.6 is 22.9 Å². The van der Waals surface area contributed by atoms with Gasteiger partial charge in [-0.15, -0.1) is 11.3 Å². The van der Waals surface area contributed by atoms with Gasteiger partial charge in [-0.2, -0.15) is 0 Å². The minimum absolute atomic E-state index is 0.0170. The number of ketones is 1. The highest BCUT2D eigenvalue weighted by Gasteiger charge is 2.46. The van der Waals surface area contributed by atoms with E-state index in [-0.39, 0.29) is 24.7 Å². The number of benzene rings is 2. The Hall–Kier alpha value is -3.49. The number of rotatable bonds is 5. The number of hydrogen-bond acceptors (Lipinski definition) is 7. The van der Waals surface area contributed by atoms with Crippen molar-refractivity contribution < 1.29 is 28.9 Å². The monoisotopic (exact) mass is 483 g/mol. The van der Waals surface area contributed by atoms with Crippen molar-refractivity contribution in [1.82, 2.24) is 4.90 Å². The minimum atomic E-state index is -0.832. The molecule has 2 aliphatic rings. The molecule has 33 heavy (non-hydrogen) atoms. The first-order valence-electron chi connectivity index (χ1n) is 10.0. The molecule has 1 fully saturated rings. The third kappa shape index (κ3) is 3.71. The molecule has 0 bridgehead atoms. The van der Waals surface area contributed by atoms with Crippen molar-refractivity contribution in [2.45, 2.75) is 12.6 Å². The number of methoxy groups -OCH3 is 1. The van der Waals surface area contributed by atoms with Crippen LogP contribution in [0.15, 0.2) is 59.5 Å². The maximum absolute atomic E-state index is 13.2. The topological polar surface area (TPSA) is 85.3 Å². The molecule has 1 amide bonds. The van der Waals surface area contributed by atoms with Gasteiger partial charge in [0, 0.05) is 10.4 Å². The van der Waals surface area contributed by atoms with E-state index in [0.29, 0.717) is 33.4 Å². The molecule has 1 saturated heterocycles. The Morgan fingerprint density at radius 3 is 2.73 bits per heavy atom. The summed E-state index contributed by atoms with van der Waals surface area (Å²) in [6.45, 7) is 0.295. The summed E-state index contributed by atoms with van der Waals surface area (Å²) in [7, 11) is 1.50. The number of amides is 1. The summed E-state index contributed by atoms with van der Waals surface area (Å²) in [5.41, 5.74) is 0.911. The highest BCUT2D eigenvalue weighted by Crippen LogP contribution is 2.43. The first-order valence-corrected chi connectivity index (χ1v) is 11.3. The molecule has 3 heterocycles. The van der Waals surface area contributed by atoms with Gasteiger partial charge in [-0.1, -0.05) is 23.7 Å². The van der Waals surface area contributed by atoms with Crippen LogP contribution in [-0.4, -0.2) is 35.6 Å². The van der Waals surface area contributed by atoms with Crippen LogP contribution < -0.4 is 14.2 Å². The summed E-state index contributed by atoms with van der Waals surface area (Å²) in [5.74, 6) is -0.288. The molecule has 0 radical (unpaired) electrons. The smallest absolute Gasteiger partial charge is 0.295 e. The molecule has 7 nitrogen and oxygen atoms in total. The number of ether oxygens (including phenoxy) is 3. The largest absolute Gasteiger partial charge is 0.507 e. The Balaban J connectivity index is 1.65. The maximum Gasteiger partial charge on any atom is 0.295 e. The van der Waals surface area contributed by atoms with Gasteiger partial charge in [0.05, 0.1) is 30.3 Å². The summed E-state index contributed by atoms with van der Waals surface area (Å²) < 4.78 is 16.0. The van der Waals surface area contributed by atoms with E-state index in [1.165, 1.54) is 23.3 Å². The first kappa shape index (κ1) is 21.4. The van der Waals surface area contributed by atoms with Crippen molar-refractivity contribution in [2.24, 2.45) is 0 Å². The molecule has 0 spiro atoms. The Kier molecular flexibility index (Phi) is 5.47. The number of carbonyl (C=O) groups excluding carboxylic acids is 2. The van der Waals surface area contributed by atoms with E-state index in [2.05, 4.69) is 0 Å². The molecule has 1 aromatic heterocycles. The van der Waals surface area contributed by atoms with Crippen LogP contribution in [0.1, 0.15) is 22.0 Å². The van der Waals surface area contributed by atoms with E-state index in [4.69, 9.17) is 25.8 Å². The van der Waals surface area contributed by atoms with E-state index >= 15 is 0 Å². The van der Waals surface area contributed by atoms with Crippen LogP contribution in [0.4, 0.5) is 0 Å². The maximum atomic E-state index is 13.2. The molecular weight excluding hydrogens is 466 g/mol. The van der Waals surface area contributed by atoms with Crippen molar-refractivity contribution in [1.29, 1.82) is 0 Å².